The van der Waals surface area contributed by atoms with Crippen LogP contribution in [0.15, 0.2) is 18.3 Å². The largest absolute Gasteiger partial charge is 0.381 e. The maximum Gasteiger partial charge on any atom is 0.165 e. The Morgan fingerprint density at radius 3 is 3.00 bits per heavy atom. The predicted octanol–water partition coefficient (Wildman–Crippen LogP) is 1.81. The molecule has 0 amide bonds. The van der Waals surface area contributed by atoms with Crippen molar-refractivity contribution in [3.8, 4) is 0 Å². The van der Waals surface area contributed by atoms with Crippen molar-refractivity contribution in [3.05, 3.63) is 24.1 Å². The van der Waals surface area contributed by atoms with Crippen LogP contribution >= 0.6 is 0 Å². The summed E-state index contributed by atoms with van der Waals surface area (Å²) in [5.74, 6) is 0.0421. The van der Waals surface area contributed by atoms with Gasteiger partial charge in [0.15, 0.2) is 11.6 Å². The van der Waals surface area contributed by atoms with Gasteiger partial charge in [0.2, 0.25) is 0 Å². The van der Waals surface area contributed by atoms with Crippen molar-refractivity contribution in [1.29, 1.82) is 0 Å². The quantitative estimate of drug-likeness (QED) is 0.800. The molecule has 0 aromatic carbocycles. The zero-order valence-corrected chi connectivity index (χ0v) is 8.03. The second-order valence-electron chi connectivity index (χ2n) is 3.50. The molecule has 0 radical (unpaired) electrons. The van der Waals surface area contributed by atoms with Crippen LogP contribution in [-0.4, -0.2) is 24.2 Å². The minimum atomic E-state index is -0.298. The molecule has 0 spiro atoms. The molecule has 0 unspecified atom stereocenters. The first kappa shape index (κ1) is 9.40. The molecule has 1 fully saturated rings. The van der Waals surface area contributed by atoms with Crippen LogP contribution in [0.3, 0.4) is 0 Å². The van der Waals surface area contributed by atoms with Crippen LogP contribution in [-0.2, 0) is 4.74 Å². The fourth-order valence-corrected chi connectivity index (χ4v) is 1.56. The number of rotatable bonds is 3. The summed E-state index contributed by atoms with van der Waals surface area (Å²) in [7, 11) is 1.70. The van der Waals surface area contributed by atoms with Gasteiger partial charge in [0.25, 0.3) is 0 Å². The molecule has 0 atom stereocenters. The molecule has 1 heterocycles. The van der Waals surface area contributed by atoms with E-state index >= 15 is 0 Å². The number of nitrogens with zero attached hydrogens (tertiary/aromatic N) is 1. The van der Waals surface area contributed by atoms with Crippen LogP contribution in [0.25, 0.3) is 0 Å². The third-order valence-electron chi connectivity index (χ3n) is 2.53. The molecule has 1 aromatic rings. The summed E-state index contributed by atoms with van der Waals surface area (Å²) < 4.78 is 18.3. The van der Waals surface area contributed by atoms with E-state index in [-0.39, 0.29) is 5.82 Å². The van der Waals surface area contributed by atoms with Crippen LogP contribution in [0, 0.1) is 5.82 Å². The van der Waals surface area contributed by atoms with Crippen molar-refractivity contribution in [3.63, 3.8) is 0 Å². The van der Waals surface area contributed by atoms with E-state index < -0.39 is 0 Å². The molecule has 76 valence electrons. The van der Waals surface area contributed by atoms with Crippen molar-refractivity contribution in [1.82, 2.24) is 4.98 Å². The highest BCUT2D eigenvalue weighted by atomic mass is 19.1. The molecule has 0 saturated heterocycles. The van der Waals surface area contributed by atoms with E-state index in [0.29, 0.717) is 18.0 Å². The van der Waals surface area contributed by atoms with Gasteiger partial charge in [-0.2, -0.15) is 0 Å². The molecule has 2 rings (SSSR count). The number of pyridine rings is 1. The molecule has 4 heteroatoms. The van der Waals surface area contributed by atoms with Crippen LogP contribution in [0.5, 0.6) is 0 Å². The average molecular weight is 196 g/mol. The normalized spacial score (nSPS) is 25.6. The lowest BCUT2D eigenvalue weighted by atomic mass is 9.89. The number of hydrogen-bond donors (Lipinski definition) is 1. The summed E-state index contributed by atoms with van der Waals surface area (Å²) >= 11 is 0. The number of ether oxygens (including phenoxy) is 1. The Bertz CT molecular complexity index is 313. The number of hydrogen-bond acceptors (Lipinski definition) is 3. The monoisotopic (exact) mass is 196 g/mol. The summed E-state index contributed by atoms with van der Waals surface area (Å²) in [5, 5.41) is 3.04. The van der Waals surface area contributed by atoms with E-state index in [0.717, 1.165) is 12.8 Å². The van der Waals surface area contributed by atoms with Crippen molar-refractivity contribution in [2.75, 3.05) is 12.4 Å². The molecular formula is C10H13FN2O. The number of halogens is 1. The Morgan fingerprint density at radius 1 is 1.57 bits per heavy atom. The second-order valence-corrected chi connectivity index (χ2v) is 3.50. The highest BCUT2D eigenvalue weighted by Crippen LogP contribution is 2.26. The molecule has 1 saturated carbocycles. The van der Waals surface area contributed by atoms with Gasteiger partial charge in [0.1, 0.15) is 0 Å². The number of anilines is 1. The van der Waals surface area contributed by atoms with Crippen LogP contribution in [0.1, 0.15) is 12.8 Å². The molecule has 0 aliphatic heterocycles. The first-order chi connectivity index (χ1) is 6.79. The van der Waals surface area contributed by atoms with Crippen molar-refractivity contribution in [2.24, 2.45) is 0 Å². The molecule has 1 N–H and O–H groups in total. The highest BCUT2D eigenvalue weighted by molar-refractivity contribution is 5.37. The number of methoxy groups -OCH3 is 1. The fraction of sp³-hybridized carbons (Fsp3) is 0.500. The van der Waals surface area contributed by atoms with Crippen LogP contribution < -0.4 is 5.32 Å². The van der Waals surface area contributed by atoms with Crippen LogP contribution in [0.4, 0.5) is 10.2 Å². The maximum absolute atomic E-state index is 13.1. The van der Waals surface area contributed by atoms with Crippen molar-refractivity contribution >= 4 is 5.82 Å². The third-order valence-corrected chi connectivity index (χ3v) is 2.53. The lowest BCUT2D eigenvalue weighted by Gasteiger charge is -2.34. The van der Waals surface area contributed by atoms with Gasteiger partial charge in [-0.3, -0.25) is 0 Å². The van der Waals surface area contributed by atoms with Gasteiger partial charge < -0.3 is 10.1 Å². The smallest absolute Gasteiger partial charge is 0.165 e. The molecule has 0 bridgehead atoms. The highest BCUT2D eigenvalue weighted by Gasteiger charge is 2.29. The molecule has 1 aliphatic rings. The maximum atomic E-state index is 13.1. The minimum Gasteiger partial charge on any atom is -0.381 e. The molecule has 1 aliphatic carbocycles. The SMILES string of the molecule is COC1CC(Nc2ncccc2F)C1. The van der Waals surface area contributed by atoms with Gasteiger partial charge in [0.05, 0.1) is 6.10 Å². The van der Waals surface area contributed by atoms with Gasteiger partial charge in [0, 0.05) is 19.3 Å². The summed E-state index contributed by atoms with van der Waals surface area (Å²) in [6.45, 7) is 0. The molecular weight excluding hydrogens is 183 g/mol. The number of aromatic nitrogens is 1. The first-order valence-electron chi connectivity index (χ1n) is 4.69. The molecule has 14 heavy (non-hydrogen) atoms. The standard InChI is InChI=1S/C10H13FN2O/c1-14-8-5-7(6-8)13-10-9(11)3-2-4-12-10/h2-4,7-8H,5-6H2,1H3,(H,12,13). The van der Waals surface area contributed by atoms with Crippen LogP contribution in [0.2, 0.25) is 0 Å². The molecule has 3 nitrogen and oxygen atoms in total. The Balaban J connectivity index is 1.90. The van der Waals surface area contributed by atoms with Gasteiger partial charge >= 0.3 is 0 Å². The summed E-state index contributed by atoms with van der Waals surface area (Å²) in [6, 6.07) is 3.28. The zero-order chi connectivity index (χ0) is 9.97. The van der Waals surface area contributed by atoms with E-state index in [1.807, 2.05) is 0 Å². The number of nitrogens with one attached hydrogen (secondary N) is 1. The Hall–Kier alpha value is -1.16. The van der Waals surface area contributed by atoms with E-state index in [4.69, 9.17) is 4.74 Å². The van der Waals surface area contributed by atoms with Gasteiger partial charge in [-0.25, -0.2) is 9.37 Å². The van der Waals surface area contributed by atoms with E-state index in [9.17, 15) is 4.39 Å². The first-order valence-corrected chi connectivity index (χ1v) is 4.69. The van der Waals surface area contributed by atoms with Gasteiger partial charge in [-0.15, -0.1) is 0 Å². The summed E-state index contributed by atoms with van der Waals surface area (Å²) in [4.78, 5) is 3.92. The topological polar surface area (TPSA) is 34.1 Å². The summed E-state index contributed by atoms with van der Waals surface area (Å²) in [6.07, 6.45) is 3.75. The Morgan fingerprint density at radius 2 is 2.36 bits per heavy atom. The van der Waals surface area contributed by atoms with E-state index in [1.54, 1.807) is 19.4 Å². The second kappa shape index (κ2) is 3.92. The minimum absolute atomic E-state index is 0.296. The lowest BCUT2D eigenvalue weighted by Crippen LogP contribution is -2.40. The predicted molar refractivity (Wildman–Crippen MR) is 51.6 cm³/mol. The van der Waals surface area contributed by atoms with Crippen molar-refractivity contribution in [2.45, 2.75) is 25.0 Å². The molecule has 1 aromatic heterocycles. The van der Waals surface area contributed by atoms with Gasteiger partial charge in [-0.05, 0) is 25.0 Å². The van der Waals surface area contributed by atoms with E-state index in [2.05, 4.69) is 10.3 Å². The van der Waals surface area contributed by atoms with Crippen molar-refractivity contribution < 1.29 is 9.13 Å². The Kier molecular flexibility index (Phi) is 2.63. The zero-order valence-electron chi connectivity index (χ0n) is 8.03. The third kappa shape index (κ3) is 1.85. The van der Waals surface area contributed by atoms with E-state index in [1.165, 1.54) is 6.07 Å². The fourth-order valence-electron chi connectivity index (χ4n) is 1.56. The average Bonchev–Trinajstić information content (AvgIpc) is 2.13. The Labute approximate surface area is 82.3 Å². The van der Waals surface area contributed by atoms with Gasteiger partial charge in [-0.1, -0.05) is 0 Å². The lowest BCUT2D eigenvalue weighted by molar-refractivity contribution is 0.0327. The summed E-state index contributed by atoms with van der Waals surface area (Å²) in [5.41, 5.74) is 0.